The number of ether oxygens (including phenoxy) is 1. The second-order valence-corrected chi connectivity index (χ2v) is 2.82. The molecule has 3 atom stereocenters. The Morgan fingerprint density at radius 2 is 2.21 bits per heavy atom. The van der Waals surface area contributed by atoms with Gasteiger partial charge in [0.25, 0.3) is 0 Å². The van der Waals surface area contributed by atoms with Gasteiger partial charge in [0.15, 0.2) is 6.29 Å². The summed E-state index contributed by atoms with van der Waals surface area (Å²) in [4.78, 5) is 21.1. The van der Waals surface area contributed by atoms with Gasteiger partial charge in [-0.25, -0.2) is 0 Å². The van der Waals surface area contributed by atoms with Crippen LogP contribution >= 0.6 is 0 Å². The quantitative estimate of drug-likeness (QED) is 0.438. The molecule has 3 unspecified atom stereocenters. The van der Waals surface area contributed by atoms with Crippen molar-refractivity contribution < 1.29 is 24.5 Å². The minimum atomic E-state index is -1.26. The summed E-state index contributed by atoms with van der Waals surface area (Å²) < 4.78 is 4.65. The first-order valence-electron chi connectivity index (χ1n) is 4.11. The summed E-state index contributed by atoms with van der Waals surface area (Å²) in [7, 11) is 1.25. The summed E-state index contributed by atoms with van der Waals surface area (Å²) in [6.07, 6.45) is -1.90. The van der Waals surface area contributed by atoms with Crippen molar-refractivity contribution >= 4 is 12.2 Å². The zero-order valence-corrected chi connectivity index (χ0v) is 8.14. The van der Waals surface area contributed by atoms with Crippen LogP contribution in [0.4, 0.5) is 0 Å². The number of carbonyl (C=O) groups is 2. The molecule has 3 N–H and O–H groups in total. The van der Waals surface area contributed by atoms with Crippen LogP contribution in [0.25, 0.3) is 0 Å². The summed E-state index contributed by atoms with van der Waals surface area (Å²) in [6.45, 7) is 0.784. The van der Waals surface area contributed by atoms with Crippen LogP contribution in [0, 0.1) is 0 Å². The molecule has 0 saturated carbocycles. The Kier molecular flexibility index (Phi) is 6.02. The minimum Gasteiger partial charge on any atom is -0.394 e. The van der Waals surface area contributed by atoms with Gasteiger partial charge in [-0.1, -0.05) is 0 Å². The van der Waals surface area contributed by atoms with Crippen molar-refractivity contribution in [1.82, 2.24) is 5.32 Å². The molecule has 0 spiro atoms. The number of aliphatic hydroxyl groups excluding tert-OH is 2. The van der Waals surface area contributed by atoms with Gasteiger partial charge in [0.05, 0.1) is 12.6 Å². The molecular weight excluding hydrogens is 190 g/mol. The number of aldehydes is 1. The molecule has 0 bridgehead atoms. The van der Waals surface area contributed by atoms with Crippen molar-refractivity contribution in [3.63, 3.8) is 0 Å². The third kappa shape index (κ3) is 3.82. The number of hydrogen-bond acceptors (Lipinski definition) is 5. The highest BCUT2D eigenvalue weighted by atomic mass is 16.5. The maximum Gasteiger partial charge on any atom is 0.217 e. The Hall–Kier alpha value is -0.980. The largest absolute Gasteiger partial charge is 0.394 e. The second-order valence-electron chi connectivity index (χ2n) is 2.82. The molecule has 0 saturated heterocycles. The van der Waals surface area contributed by atoms with Crippen LogP contribution in [-0.4, -0.2) is 54.4 Å². The number of methoxy groups -OCH3 is 1. The van der Waals surface area contributed by atoms with E-state index in [4.69, 9.17) is 5.11 Å². The first-order valence-corrected chi connectivity index (χ1v) is 4.11. The van der Waals surface area contributed by atoms with Gasteiger partial charge in [0.2, 0.25) is 5.91 Å². The lowest BCUT2D eigenvalue weighted by Crippen LogP contribution is -2.51. The highest BCUT2D eigenvalue weighted by Gasteiger charge is 2.27. The minimum absolute atomic E-state index is 0.399. The zero-order chi connectivity index (χ0) is 11.1. The van der Waals surface area contributed by atoms with Crippen LogP contribution in [0.15, 0.2) is 0 Å². The average Bonchev–Trinajstić information content (AvgIpc) is 2.15. The van der Waals surface area contributed by atoms with E-state index in [-0.39, 0.29) is 0 Å². The SMILES string of the molecule is COC(C=O)C(O)C(CO)NC(C)=O. The molecule has 82 valence electrons. The lowest BCUT2D eigenvalue weighted by Gasteiger charge is -2.24. The average molecular weight is 205 g/mol. The zero-order valence-electron chi connectivity index (χ0n) is 8.14. The van der Waals surface area contributed by atoms with Gasteiger partial charge < -0.3 is 25.1 Å². The molecule has 0 aromatic carbocycles. The van der Waals surface area contributed by atoms with Crippen molar-refractivity contribution in [3.8, 4) is 0 Å². The highest BCUT2D eigenvalue weighted by molar-refractivity contribution is 5.73. The molecule has 0 radical (unpaired) electrons. The third-order valence-electron chi connectivity index (χ3n) is 1.74. The van der Waals surface area contributed by atoms with E-state index >= 15 is 0 Å². The van der Waals surface area contributed by atoms with Crippen LogP contribution in [0.3, 0.4) is 0 Å². The van der Waals surface area contributed by atoms with Gasteiger partial charge in [-0.3, -0.25) is 4.79 Å². The normalized spacial score (nSPS) is 16.9. The first kappa shape index (κ1) is 13.0. The van der Waals surface area contributed by atoms with Crippen molar-refractivity contribution in [1.29, 1.82) is 0 Å². The molecule has 0 aromatic rings. The molecule has 1 amide bonds. The summed E-state index contributed by atoms with van der Waals surface area (Å²) in [5.74, 6) is -0.399. The van der Waals surface area contributed by atoms with Crippen LogP contribution in [0.1, 0.15) is 6.92 Å². The van der Waals surface area contributed by atoms with Gasteiger partial charge >= 0.3 is 0 Å². The molecule has 0 rings (SSSR count). The topological polar surface area (TPSA) is 95.9 Å². The third-order valence-corrected chi connectivity index (χ3v) is 1.74. The van der Waals surface area contributed by atoms with Gasteiger partial charge in [0.1, 0.15) is 12.2 Å². The van der Waals surface area contributed by atoms with E-state index in [1.54, 1.807) is 0 Å². The number of aliphatic hydroxyl groups is 2. The molecule has 0 aliphatic carbocycles. The second kappa shape index (κ2) is 6.47. The number of nitrogens with one attached hydrogen (secondary N) is 1. The van der Waals surface area contributed by atoms with E-state index in [2.05, 4.69) is 10.1 Å². The maximum atomic E-state index is 10.7. The van der Waals surface area contributed by atoms with E-state index in [9.17, 15) is 14.7 Å². The van der Waals surface area contributed by atoms with Crippen LogP contribution in [0.5, 0.6) is 0 Å². The molecule has 6 nitrogen and oxygen atoms in total. The lowest BCUT2D eigenvalue weighted by molar-refractivity contribution is -0.129. The maximum absolute atomic E-state index is 10.7. The fourth-order valence-corrected chi connectivity index (χ4v) is 1.00. The standard InChI is InChI=1S/C8H15NO5/c1-5(12)9-6(3-10)8(13)7(4-11)14-2/h4,6-8,10,13H,3H2,1-2H3,(H,9,12). The number of rotatable bonds is 6. The molecule has 0 aromatic heterocycles. The Labute approximate surface area is 81.9 Å². The smallest absolute Gasteiger partial charge is 0.217 e. The van der Waals surface area contributed by atoms with E-state index in [1.165, 1.54) is 14.0 Å². The predicted molar refractivity (Wildman–Crippen MR) is 47.6 cm³/mol. The Bertz CT molecular complexity index is 196. The van der Waals surface area contributed by atoms with Crippen LogP contribution < -0.4 is 5.32 Å². The van der Waals surface area contributed by atoms with Gasteiger partial charge in [-0.15, -0.1) is 0 Å². The lowest BCUT2D eigenvalue weighted by atomic mass is 10.1. The summed E-state index contributed by atoms with van der Waals surface area (Å²) >= 11 is 0. The van der Waals surface area contributed by atoms with Crippen molar-refractivity contribution in [2.24, 2.45) is 0 Å². The highest BCUT2D eigenvalue weighted by Crippen LogP contribution is 2.01. The molecule has 14 heavy (non-hydrogen) atoms. The molecule has 0 heterocycles. The van der Waals surface area contributed by atoms with Gasteiger partial charge in [0, 0.05) is 14.0 Å². The molecule has 0 aliphatic rings. The number of hydrogen-bond donors (Lipinski definition) is 3. The van der Waals surface area contributed by atoms with Crippen molar-refractivity contribution in [3.05, 3.63) is 0 Å². The molecular formula is C8H15NO5. The van der Waals surface area contributed by atoms with Crippen LogP contribution in [-0.2, 0) is 14.3 Å². The van der Waals surface area contributed by atoms with Gasteiger partial charge in [-0.2, -0.15) is 0 Å². The molecule has 0 aliphatic heterocycles. The summed E-state index contributed by atoms with van der Waals surface area (Å²) in [5.41, 5.74) is 0. The summed E-state index contributed by atoms with van der Waals surface area (Å²) in [5, 5.41) is 20.6. The summed E-state index contributed by atoms with van der Waals surface area (Å²) in [6, 6.07) is -0.900. The van der Waals surface area contributed by atoms with E-state index < -0.39 is 30.8 Å². The molecule has 0 fully saturated rings. The predicted octanol–water partition coefficient (Wildman–Crippen LogP) is -1.94. The Balaban J connectivity index is 4.34. The van der Waals surface area contributed by atoms with Crippen LogP contribution in [0.2, 0.25) is 0 Å². The van der Waals surface area contributed by atoms with Gasteiger partial charge in [-0.05, 0) is 0 Å². The fourth-order valence-electron chi connectivity index (χ4n) is 1.00. The number of amides is 1. The molecule has 6 heteroatoms. The Morgan fingerprint density at radius 3 is 2.50 bits per heavy atom. The van der Waals surface area contributed by atoms with Crippen molar-refractivity contribution in [2.75, 3.05) is 13.7 Å². The van der Waals surface area contributed by atoms with E-state index in [0.717, 1.165) is 0 Å². The first-order chi connectivity index (χ1) is 6.56. The fraction of sp³-hybridized carbons (Fsp3) is 0.750. The monoisotopic (exact) mass is 205 g/mol. The van der Waals surface area contributed by atoms with E-state index in [1.807, 2.05) is 0 Å². The van der Waals surface area contributed by atoms with Crippen molar-refractivity contribution in [2.45, 2.75) is 25.2 Å². The Morgan fingerprint density at radius 1 is 1.64 bits per heavy atom. The van der Waals surface area contributed by atoms with E-state index in [0.29, 0.717) is 6.29 Å². The number of carbonyl (C=O) groups excluding carboxylic acids is 2.